The Labute approximate surface area is 123 Å². The van der Waals surface area contributed by atoms with Crippen LogP contribution in [-0.2, 0) is 4.74 Å². The highest BCUT2D eigenvalue weighted by Crippen LogP contribution is 2.26. The summed E-state index contributed by atoms with van der Waals surface area (Å²) in [6.45, 7) is 5.65. The number of para-hydroxylation sites is 1. The Hall–Kier alpha value is -1.36. The van der Waals surface area contributed by atoms with Gasteiger partial charge < -0.3 is 10.1 Å². The molecular weight excluding hydrogens is 274 g/mol. The zero-order valence-electron chi connectivity index (χ0n) is 11.3. The van der Waals surface area contributed by atoms with Crippen LogP contribution in [0.3, 0.4) is 0 Å². The lowest BCUT2D eigenvalue weighted by Gasteiger charge is -2.26. The molecule has 1 aliphatic heterocycles. The Morgan fingerprint density at radius 3 is 2.95 bits per heavy atom. The minimum atomic E-state index is 0.694. The summed E-state index contributed by atoms with van der Waals surface area (Å²) < 4.78 is 5.35. The van der Waals surface area contributed by atoms with Crippen molar-refractivity contribution in [2.45, 2.75) is 0 Å². The van der Waals surface area contributed by atoms with Crippen LogP contribution < -0.4 is 5.32 Å². The predicted molar refractivity (Wildman–Crippen MR) is 82.5 cm³/mol. The number of aromatic nitrogens is 1. The number of benzene rings is 1. The minimum Gasteiger partial charge on any atom is -0.383 e. The molecule has 3 rings (SSSR count). The highest BCUT2D eigenvalue weighted by molar-refractivity contribution is 6.35. The number of anilines is 1. The molecule has 1 N–H and O–H groups in total. The average molecular weight is 292 g/mol. The van der Waals surface area contributed by atoms with Gasteiger partial charge in [0.05, 0.1) is 23.8 Å². The third-order valence-corrected chi connectivity index (χ3v) is 3.87. The monoisotopic (exact) mass is 291 g/mol. The van der Waals surface area contributed by atoms with E-state index < -0.39 is 0 Å². The van der Waals surface area contributed by atoms with Crippen molar-refractivity contribution in [2.24, 2.45) is 0 Å². The fraction of sp³-hybridized carbons (Fsp3) is 0.400. The van der Waals surface area contributed by atoms with Gasteiger partial charge in [-0.1, -0.05) is 23.7 Å². The molecule has 0 aliphatic carbocycles. The number of pyridine rings is 1. The Morgan fingerprint density at radius 1 is 1.25 bits per heavy atom. The van der Waals surface area contributed by atoms with E-state index in [-0.39, 0.29) is 0 Å². The van der Waals surface area contributed by atoms with Crippen LogP contribution >= 0.6 is 11.6 Å². The molecule has 5 heteroatoms. The maximum atomic E-state index is 6.17. The zero-order valence-corrected chi connectivity index (χ0v) is 12.1. The van der Waals surface area contributed by atoms with Gasteiger partial charge in [0.1, 0.15) is 0 Å². The molecule has 106 valence electrons. The summed E-state index contributed by atoms with van der Waals surface area (Å²) in [5.41, 5.74) is 1.94. The largest absolute Gasteiger partial charge is 0.383 e. The lowest BCUT2D eigenvalue weighted by Crippen LogP contribution is -2.39. The molecule has 0 spiro atoms. The van der Waals surface area contributed by atoms with E-state index in [2.05, 4.69) is 15.2 Å². The van der Waals surface area contributed by atoms with Gasteiger partial charge in [0.25, 0.3) is 0 Å². The summed E-state index contributed by atoms with van der Waals surface area (Å²) in [5, 5.41) is 5.25. The maximum Gasteiger partial charge on any atom is 0.0908 e. The summed E-state index contributed by atoms with van der Waals surface area (Å²) in [4.78, 5) is 6.75. The van der Waals surface area contributed by atoms with Crippen molar-refractivity contribution in [2.75, 3.05) is 44.7 Å². The number of nitrogens with one attached hydrogen (secondary N) is 1. The number of halogens is 1. The Balaban J connectivity index is 1.66. The quantitative estimate of drug-likeness (QED) is 0.940. The second kappa shape index (κ2) is 6.39. The first-order valence-electron chi connectivity index (χ1n) is 6.92. The van der Waals surface area contributed by atoms with Gasteiger partial charge in [0.15, 0.2) is 0 Å². The molecule has 2 aromatic rings. The average Bonchev–Trinajstić information content (AvgIpc) is 2.49. The fourth-order valence-corrected chi connectivity index (χ4v) is 2.69. The van der Waals surface area contributed by atoms with Gasteiger partial charge in [0, 0.05) is 43.4 Å². The van der Waals surface area contributed by atoms with Crippen LogP contribution in [0.25, 0.3) is 10.9 Å². The van der Waals surface area contributed by atoms with E-state index in [0.717, 1.165) is 56.0 Å². The molecule has 1 aromatic heterocycles. The third-order valence-electron chi connectivity index (χ3n) is 3.57. The molecule has 20 heavy (non-hydrogen) atoms. The smallest absolute Gasteiger partial charge is 0.0908 e. The summed E-state index contributed by atoms with van der Waals surface area (Å²) >= 11 is 6.17. The Bertz CT molecular complexity index is 584. The number of rotatable bonds is 4. The fourth-order valence-electron chi connectivity index (χ4n) is 2.47. The van der Waals surface area contributed by atoms with Gasteiger partial charge in [-0.05, 0) is 12.1 Å². The van der Waals surface area contributed by atoms with Crippen molar-refractivity contribution in [3.8, 4) is 0 Å². The van der Waals surface area contributed by atoms with Crippen LogP contribution in [0.5, 0.6) is 0 Å². The van der Waals surface area contributed by atoms with Crippen LogP contribution in [0.2, 0.25) is 5.02 Å². The minimum absolute atomic E-state index is 0.694. The van der Waals surface area contributed by atoms with Crippen molar-refractivity contribution < 1.29 is 4.74 Å². The molecule has 0 bridgehead atoms. The molecule has 1 aliphatic rings. The van der Waals surface area contributed by atoms with Gasteiger partial charge in [0.2, 0.25) is 0 Å². The number of hydrogen-bond donors (Lipinski definition) is 1. The van der Waals surface area contributed by atoms with Crippen molar-refractivity contribution in [3.05, 3.63) is 35.5 Å². The predicted octanol–water partition coefficient (Wildman–Crippen LogP) is 2.63. The second-order valence-electron chi connectivity index (χ2n) is 4.88. The number of nitrogens with zero attached hydrogens (tertiary/aromatic N) is 2. The van der Waals surface area contributed by atoms with Gasteiger partial charge >= 0.3 is 0 Å². The van der Waals surface area contributed by atoms with Crippen LogP contribution in [-0.4, -0.2) is 49.3 Å². The lowest BCUT2D eigenvalue weighted by atomic mass is 10.2. The molecule has 0 saturated carbocycles. The van der Waals surface area contributed by atoms with Gasteiger partial charge in [-0.15, -0.1) is 0 Å². The number of ether oxygens (including phenoxy) is 1. The second-order valence-corrected chi connectivity index (χ2v) is 5.28. The van der Waals surface area contributed by atoms with E-state index >= 15 is 0 Å². The first-order valence-corrected chi connectivity index (χ1v) is 7.29. The third kappa shape index (κ3) is 3.03. The topological polar surface area (TPSA) is 37.4 Å². The van der Waals surface area contributed by atoms with Crippen LogP contribution in [0.1, 0.15) is 0 Å². The standard InChI is InChI=1S/C15H18ClN3O/c16-13-3-1-2-12-14(4-5-18-15(12)13)17-6-7-19-8-10-20-11-9-19/h1-5H,6-11H2,(H,17,18). The molecule has 0 unspecified atom stereocenters. The lowest BCUT2D eigenvalue weighted by molar-refractivity contribution is 0.0398. The first-order chi connectivity index (χ1) is 9.84. The molecule has 1 fully saturated rings. The molecule has 4 nitrogen and oxygen atoms in total. The van der Waals surface area contributed by atoms with Crippen molar-refractivity contribution in [3.63, 3.8) is 0 Å². The highest BCUT2D eigenvalue weighted by Gasteiger charge is 2.10. The maximum absolute atomic E-state index is 6.17. The highest BCUT2D eigenvalue weighted by atomic mass is 35.5. The summed E-state index contributed by atoms with van der Waals surface area (Å²) in [7, 11) is 0. The van der Waals surface area contributed by atoms with E-state index in [0.29, 0.717) is 5.02 Å². The van der Waals surface area contributed by atoms with E-state index in [1.165, 1.54) is 0 Å². The Kier molecular flexibility index (Phi) is 4.35. The van der Waals surface area contributed by atoms with Crippen molar-refractivity contribution >= 4 is 28.2 Å². The number of morpholine rings is 1. The normalized spacial score (nSPS) is 16.4. The first kappa shape index (κ1) is 13.6. The molecule has 1 saturated heterocycles. The molecule has 1 aromatic carbocycles. The van der Waals surface area contributed by atoms with E-state index in [9.17, 15) is 0 Å². The summed E-state index contributed by atoms with van der Waals surface area (Å²) in [5.74, 6) is 0. The van der Waals surface area contributed by atoms with Crippen LogP contribution in [0.4, 0.5) is 5.69 Å². The van der Waals surface area contributed by atoms with Gasteiger partial charge in [-0.25, -0.2) is 0 Å². The molecular formula is C15H18ClN3O. The van der Waals surface area contributed by atoms with E-state index in [1.54, 1.807) is 6.20 Å². The number of hydrogen-bond acceptors (Lipinski definition) is 4. The van der Waals surface area contributed by atoms with Gasteiger partial charge in [-0.2, -0.15) is 0 Å². The van der Waals surface area contributed by atoms with Crippen molar-refractivity contribution in [1.29, 1.82) is 0 Å². The Morgan fingerprint density at radius 2 is 2.10 bits per heavy atom. The molecule has 2 heterocycles. The summed E-state index contributed by atoms with van der Waals surface area (Å²) in [6.07, 6.45) is 1.80. The van der Waals surface area contributed by atoms with Gasteiger partial charge in [-0.3, -0.25) is 9.88 Å². The summed E-state index contributed by atoms with van der Waals surface area (Å²) in [6, 6.07) is 7.87. The van der Waals surface area contributed by atoms with E-state index in [1.807, 2.05) is 24.3 Å². The van der Waals surface area contributed by atoms with Crippen LogP contribution in [0, 0.1) is 0 Å². The molecule has 0 radical (unpaired) electrons. The molecule has 0 amide bonds. The van der Waals surface area contributed by atoms with Crippen LogP contribution in [0.15, 0.2) is 30.5 Å². The molecule has 0 atom stereocenters. The number of fused-ring (bicyclic) bond motifs is 1. The zero-order chi connectivity index (χ0) is 13.8. The van der Waals surface area contributed by atoms with E-state index in [4.69, 9.17) is 16.3 Å². The van der Waals surface area contributed by atoms with Crippen molar-refractivity contribution in [1.82, 2.24) is 9.88 Å². The SMILES string of the molecule is Clc1cccc2c(NCCN3CCOCC3)ccnc12.